The van der Waals surface area contributed by atoms with E-state index < -0.39 is 0 Å². The maximum absolute atomic E-state index is 12.5. The Morgan fingerprint density at radius 3 is 2.46 bits per heavy atom. The molecule has 1 fully saturated rings. The first kappa shape index (κ1) is 20.0. The van der Waals surface area contributed by atoms with Crippen molar-refractivity contribution in [2.75, 3.05) is 34.4 Å². The van der Waals surface area contributed by atoms with Crippen molar-refractivity contribution in [2.24, 2.45) is 0 Å². The normalized spacial score (nSPS) is 16.6. The molecular formula is C22H28N2O4. The van der Waals surface area contributed by atoms with Crippen molar-refractivity contribution < 1.29 is 19.0 Å². The number of carbonyl (C=O) groups excluding carboxylic acids is 1. The molecule has 1 atom stereocenters. The SMILES string of the molecule is COc1ccc(C2CCCN2CC(=O)NCc2ccc(OC)c(OC)c2)cc1. The van der Waals surface area contributed by atoms with E-state index in [0.29, 0.717) is 24.6 Å². The van der Waals surface area contributed by atoms with Crippen LogP contribution in [0.4, 0.5) is 0 Å². The van der Waals surface area contributed by atoms with Gasteiger partial charge in [0.15, 0.2) is 11.5 Å². The second-order valence-electron chi connectivity index (χ2n) is 6.87. The second-order valence-corrected chi connectivity index (χ2v) is 6.87. The summed E-state index contributed by atoms with van der Waals surface area (Å²) in [5.74, 6) is 2.21. The van der Waals surface area contributed by atoms with Crippen LogP contribution in [0, 0.1) is 0 Å². The van der Waals surface area contributed by atoms with E-state index in [9.17, 15) is 4.79 Å². The summed E-state index contributed by atoms with van der Waals surface area (Å²) in [6.07, 6.45) is 2.16. The molecule has 150 valence electrons. The summed E-state index contributed by atoms with van der Waals surface area (Å²) in [5.41, 5.74) is 2.20. The zero-order valence-corrected chi connectivity index (χ0v) is 16.7. The van der Waals surface area contributed by atoms with Crippen LogP contribution < -0.4 is 19.5 Å². The number of amides is 1. The minimum absolute atomic E-state index is 0.0233. The highest BCUT2D eigenvalue weighted by Gasteiger charge is 2.27. The van der Waals surface area contributed by atoms with Crippen molar-refractivity contribution in [3.63, 3.8) is 0 Å². The zero-order valence-electron chi connectivity index (χ0n) is 16.7. The summed E-state index contributed by atoms with van der Waals surface area (Å²) in [6.45, 7) is 1.78. The fourth-order valence-electron chi connectivity index (χ4n) is 3.65. The zero-order chi connectivity index (χ0) is 19.9. The summed E-state index contributed by atoms with van der Waals surface area (Å²) < 4.78 is 15.8. The molecule has 6 nitrogen and oxygen atoms in total. The smallest absolute Gasteiger partial charge is 0.234 e. The van der Waals surface area contributed by atoms with Crippen molar-refractivity contribution in [2.45, 2.75) is 25.4 Å². The Kier molecular flexibility index (Phi) is 6.76. The molecule has 28 heavy (non-hydrogen) atoms. The van der Waals surface area contributed by atoms with E-state index in [2.05, 4.69) is 22.3 Å². The van der Waals surface area contributed by atoms with Gasteiger partial charge in [0.2, 0.25) is 5.91 Å². The van der Waals surface area contributed by atoms with Crippen molar-refractivity contribution in [3.05, 3.63) is 53.6 Å². The first-order valence-electron chi connectivity index (χ1n) is 9.50. The van der Waals surface area contributed by atoms with E-state index in [0.717, 1.165) is 30.7 Å². The van der Waals surface area contributed by atoms with Gasteiger partial charge in [0.1, 0.15) is 5.75 Å². The fraction of sp³-hybridized carbons (Fsp3) is 0.409. The molecule has 2 aromatic carbocycles. The van der Waals surface area contributed by atoms with Crippen LogP contribution in [0.1, 0.15) is 30.0 Å². The number of methoxy groups -OCH3 is 3. The van der Waals surface area contributed by atoms with Gasteiger partial charge in [0, 0.05) is 12.6 Å². The number of benzene rings is 2. The molecule has 0 aliphatic carbocycles. The molecule has 1 aliphatic rings. The van der Waals surface area contributed by atoms with E-state index in [4.69, 9.17) is 14.2 Å². The number of likely N-dealkylation sites (tertiary alicyclic amines) is 1. The van der Waals surface area contributed by atoms with E-state index in [-0.39, 0.29) is 11.9 Å². The van der Waals surface area contributed by atoms with Crippen LogP contribution in [0.3, 0.4) is 0 Å². The molecule has 3 rings (SSSR count). The number of ether oxygens (including phenoxy) is 3. The van der Waals surface area contributed by atoms with Gasteiger partial charge < -0.3 is 19.5 Å². The molecule has 0 radical (unpaired) electrons. The van der Waals surface area contributed by atoms with Gasteiger partial charge in [0.25, 0.3) is 0 Å². The standard InChI is InChI=1S/C22H28N2O4/c1-26-18-9-7-17(8-10-18)19-5-4-12-24(19)15-22(25)23-14-16-6-11-20(27-2)21(13-16)28-3/h6-11,13,19H,4-5,12,14-15H2,1-3H3,(H,23,25). The van der Waals surface area contributed by atoms with Gasteiger partial charge in [-0.1, -0.05) is 18.2 Å². The third-order valence-corrected chi connectivity index (χ3v) is 5.15. The van der Waals surface area contributed by atoms with Gasteiger partial charge in [-0.2, -0.15) is 0 Å². The summed E-state index contributed by atoms with van der Waals surface area (Å²) in [7, 11) is 4.88. The van der Waals surface area contributed by atoms with Crippen LogP contribution in [0.5, 0.6) is 17.2 Å². The predicted molar refractivity (Wildman–Crippen MR) is 108 cm³/mol. The van der Waals surface area contributed by atoms with Crippen LogP contribution in [0.2, 0.25) is 0 Å². The Balaban J connectivity index is 1.56. The lowest BCUT2D eigenvalue weighted by molar-refractivity contribution is -0.122. The maximum atomic E-state index is 12.5. The molecular weight excluding hydrogens is 356 g/mol. The molecule has 0 spiro atoms. The Morgan fingerprint density at radius 1 is 1.04 bits per heavy atom. The summed E-state index contributed by atoms with van der Waals surface area (Å²) in [5, 5.41) is 3.01. The topological polar surface area (TPSA) is 60.0 Å². The summed E-state index contributed by atoms with van der Waals surface area (Å²) >= 11 is 0. The van der Waals surface area contributed by atoms with Crippen molar-refractivity contribution >= 4 is 5.91 Å². The molecule has 6 heteroatoms. The lowest BCUT2D eigenvalue weighted by Crippen LogP contribution is -2.36. The van der Waals surface area contributed by atoms with Crippen molar-refractivity contribution in [1.82, 2.24) is 10.2 Å². The van der Waals surface area contributed by atoms with E-state index >= 15 is 0 Å². The molecule has 0 bridgehead atoms. The average Bonchev–Trinajstić information content (AvgIpc) is 3.20. The molecule has 1 unspecified atom stereocenters. The van der Waals surface area contributed by atoms with Gasteiger partial charge in [-0.25, -0.2) is 0 Å². The Hall–Kier alpha value is -2.73. The summed E-state index contributed by atoms with van der Waals surface area (Å²) in [6, 6.07) is 14.1. The van der Waals surface area contributed by atoms with Gasteiger partial charge in [0.05, 0.1) is 27.9 Å². The number of nitrogens with zero attached hydrogens (tertiary/aromatic N) is 1. The van der Waals surface area contributed by atoms with Crippen molar-refractivity contribution in [1.29, 1.82) is 0 Å². The fourth-order valence-corrected chi connectivity index (χ4v) is 3.65. The lowest BCUT2D eigenvalue weighted by atomic mass is 10.0. The van der Waals surface area contributed by atoms with Crippen LogP contribution in [-0.2, 0) is 11.3 Å². The summed E-state index contributed by atoms with van der Waals surface area (Å²) in [4.78, 5) is 14.7. The van der Waals surface area contributed by atoms with Crippen LogP contribution >= 0.6 is 0 Å². The van der Waals surface area contributed by atoms with Gasteiger partial charge in [-0.15, -0.1) is 0 Å². The number of rotatable bonds is 8. The van der Waals surface area contributed by atoms with Gasteiger partial charge in [-0.3, -0.25) is 9.69 Å². The molecule has 1 N–H and O–H groups in total. The Morgan fingerprint density at radius 2 is 1.79 bits per heavy atom. The first-order chi connectivity index (χ1) is 13.6. The van der Waals surface area contributed by atoms with E-state index in [1.807, 2.05) is 30.3 Å². The number of nitrogens with one attached hydrogen (secondary N) is 1. The quantitative estimate of drug-likeness (QED) is 0.758. The number of hydrogen-bond donors (Lipinski definition) is 1. The second kappa shape index (κ2) is 9.46. The van der Waals surface area contributed by atoms with Gasteiger partial charge >= 0.3 is 0 Å². The molecule has 0 aromatic heterocycles. The number of carbonyl (C=O) groups is 1. The van der Waals surface area contributed by atoms with Crippen LogP contribution in [0.25, 0.3) is 0 Å². The van der Waals surface area contributed by atoms with Crippen molar-refractivity contribution in [3.8, 4) is 17.2 Å². The minimum atomic E-state index is 0.0233. The molecule has 0 saturated carbocycles. The Labute approximate surface area is 166 Å². The van der Waals surface area contributed by atoms with E-state index in [1.165, 1.54) is 5.56 Å². The third kappa shape index (κ3) is 4.75. The number of hydrogen-bond acceptors (Lipinski definition) is 5. The molecule has 2 aromatic rings. The molecule has 1 aliphatic heterocycles. The van der Waals surface area contributed by atoms with Crippen LogP contribution in [0.15, 0.2) is 42.5 Å². The van der Waals surface area contributed by atoms with E-state index in [1.54, 1.807) is 21.3 Å². The third-order valence-electron chi connectivity index (χ3n) is 5.15. The molecule has 1 amide bonds. The largest absolute Gasteiger partial charge is 0.497 e. The first-order valence-corrected chi connectivity index (χ1v) is 9.50. The predicted octanol–water partition coefficient (Wildman–Crippen LogP) is 3.17. The van der Waals surface area contributed by atoms with Gasteiger partial charge in [-0.05, 0) is 54.8 Å². The lowest BCUT2D eigenvalue weighted by Gasteiger charge is -2.24. The van der Waals surface area contributed by atoms with Crippen LogP contribution in [-0.4, -0.2) is 45.2 Å². The molecule has 1 saturated heterocycles. The highest BCUT2D eigenvalue weighted by Crippen LogP contribution is 2.32. The monoisotopic (exact) mass is 384 g/mol. The average molecular weight is 384 g/mol. The molecule has 1 heterocycles. The highest BCUT2D eigenvalue weighted by molar-refractivity contribution is 5.78. The Bertz CT molecular complexity index is 792. The highest BCUT2D eigenvalue weighted by atomic mass is 16.5. The maximum Gasteiger partial charge on any atom is 0.234 e. The minimum Gasteiger partial charge on any atom is -0.497 e.